The predicted molar refractivity (Wildman–Crippen MR) is 117 cm³/mol. The smallest absolute Gasteiger partial charge is 0.0774 e. The van der Waals surface area contributed by atoms with E-state index in [1.165, 1.54) is 22.3 Å². The van der Waals surface area contributed by atoms with Gasteiger partial charge in [-0.1, -0.05) is 101 Å². The van der Waals surface area contributed by atoms with Gasteiger partial charge >= 0.3 is 0 Å². The maximum atomic E-state index is 13.3. The molecule has 0 unspecified atom stereocenters. The second-order valence-electron chi connectivity index (χ2n) is 7.81. The Bertz CT molecular complexity index is 1080. The van der Waals surface area contributed by atoms with Crippen LogP contribution in [0.15, 0.2) is 97.1 Å². The molecule has 2 nitrogen and oxygen atoms in total. The third-order valence-corrected chi connectivity index (χ3v) is 6.02. The molecule has 0 saturated heterocycles. The summed E-state index contributed by atoms with van der Waals surface area (Å²) in [6.45, 7) is 4.20. The van der Waals surface area contributed by atoms with Crippen LogP contribution in [-0.2, 0) is 10.6 Å². The molecular formula is C27H22NO. The first-order valence-electron chi connectivity index (χ1n) is 9.93. The van der Waals surface area contributed by atoms with E-state index in [9.17, 15) is 5.21 Å². The molecule has 0 atom stereocenters. The monoisotopic (exact) mass is 376 g/mol. The fourth-order valence-electron chi connectivity index (χ4n) is 4.61. The van der Waals surface area contributed by atoms with Crippen molar-refractivity contribution >= 4 is 11.4 Å². The van der Waals surface area contributed by atoms with Crippen molar-refractivity contribution in [2.75, 3.05) is 5.06 Å². The average molecular weight is 376 g/mol. The summed E-state index contributed by atoms with van der Waals surface area (Å²) in [5, 5.41) is 14.4. The van der Waals surface area contributed by atoms with Crippen LogP contribution in [0.3, 0.4) is 0 Å². The van der Waals surface area contributed by atoms with Crippen molar-refractivity contribution in [1.82, 2.24) is 0 Å². The van der Waals surface area contributed by atoms with E-state index in [1.54, 1.807) is 0 Å². The van der Waals surface area contributed by atoms with E-state index in [-0.39, 0.29) is 0 Å². The highest BCUT2D eigenvalue weighted by atomic mass is 16.5. The van der Waals surface area contributed by atoms with Crippen LogP contribution in [0.2, 0.25) is 0 Å². The normalized spacial score (nSPS) is 14.2. The molecule has 1 heterocycles. The van der Waals surface area contributed by atoms with E-state index in [4.69, 9.17) is 0 Å². The number of aryl methyl sites for hydroxylation is 2. The van der Waals surface area contributed by atoms with Gasteiger partial charge in [-0.15, -0.1) is 0 Å². The maximum absolute atomic E-state index is 13.3. The Hall–Kier alpha value is -3.36. The fraction of sp³-hybridized carbons (Fsp3) is 0.111. The van der Waals surface area contributed by atoms with Crippen molar-refractivity contribution in [2.45, 2.75) is 19.3 Å². The van der Waals surface area contributed by atoms with Gasteiger partial charge in [-0.3, -0.25) is 0 Å². The lowest BCUT2D eigenvalue weighted by atomic mass is 9.62. The molecule has 0 amide bonds. The van der Waals surface area contributed by atoms with E-state index >= 15 is 0 Å². The number of hydrogen-bond acceptors (Lipinski definition) is 1. The first kappa shape index (κ1) is 17.7. The van der Waals surface area contributed by atoms with Gasteiger partial charge in [0.2, 0.25) is 0 Å². The minimum atomic E-state index is -0.546. The van der Waals surface area contributed by atoms with Crippen LogP contribution >= 0.6 is 0 Å². The lowest BCUT2D eigenvalue weighted by Gasteiger charge is -2.43. The van der Waals surface area contributed by atoms with Gasteiger partial charge in [0.25, 0.3) is 0 Å². The first-order chi connectivity index (χ1) is 14.1. The van der Waals surface area contributed by atoms with Crippen molar-refractivity contribution in [1.29, 1.82) is 0 Å². The quantitative estimate of drug-likeness (QED) is 0.392. The Labute approximate surface area is 171 Å². The van der Waals surface area contributed by atoms with Gasteiger partial charge in [0.1, 0.15) is 0 Å². The molecular weight excluding hydrogens is 354 g/mol. The zero-order valence-electron chi connectivity index (χ0n) is 16.6. The molecule has 1 aliphatic heterocycles. The number of para-hydroxylation sites is 2. The average Bonchev–Trinajstić information content (AvgIpc) is 2.76. The van der Waals surface area contributed by atoms with Crippen LogP contribution < -0.4 is 5.06 Å². The largest absolute Gasteiger partial charge is 0.188 e. The predicted octanol–water partition coefficient (Wildman–Crippen LogP) is 6.48. The van der Waals surface area contributed by atoms with Gasteiger partial charge in [0.05, 0.1) is 16.8 Å². The number of hydrogen-bond donors (Lipinski definition) is 0. The first-order valence-corrected chi connectivity index (χ1v) is 9.93. The number of fused-ring (bicyclic) bond motifs is 2. The molecule has 0 aliphatic carbocycles. The van der Waals surface area contributed by atoms with Crippen LogP contribution in [0.5, 0.6) is 0 Å². The summed E-state index contributed by atoms with van der Waals surface area (Å²) in [5.74, 6) is 0. The SMILES string of the molecule is Cc1ccc(C2(c3ccc(C)cc3)c3ccccc3N([O])c3ccccc32)cc1. The summed E-state index contributed by atoms with van der Waals surface area (Å²) < 4.78 is 0. The standard InChI is InChI=1S/C27H22NO/c1-19-11-15-21(16-12-19)27(22-17-13-20(2)14-18-22)23-7-3-5-9-25(23)28(29)26-10-6-4-8-24(26)27/h3-18H,1-2H3. The fourth-order valence-corrected chi connectivity index (χ4v) is 4.61. The molecule has 0 N–H and O–H groups in total. The Morgan fingerprint density at radius 1 is 0.552 bits per heavy atom. The molecule has 0 bridgehead atoms. The van der Waals surface area contributed by atoms with Crippen molar-refractivity contribution in [3.05, 3.63) is 130 Å². The highest BCUT2D eigenvalue weighted by molar-refractivity contribution is 5.81. The molecule has 1 aliphatic rings. The molecule has 5 rings (SSSR count). The number of nitrogens with zero attached hydrogens (tertiary/aromatic N) is 1. The molecule has 2 heteroatoms. The van der Waals surface area contributed by atoms with Crippen LogP contribution in [0.25, 0.3) is 0 Å². The second kappa shape index (κ2) is 6.61. The third kappa shape index (κ3) is 2.53. The van der Waals surface area contributed by atoms with E-state index in [2.05, 4.69) is 74.5 Å². The summed E-state index contributed by atoms with van der Waals surface area (Å²) in [6, 6.07) is 33.4. The van der Waals surface area contributed by atoms with E-state index < -0.39 is 5.41 Å². The third-order valence-electron chi connectivity index (χ3n) is 6.02. The summed E-state index contributed by atoms with van der Waals surface area (Å²) in [7, 11) is 0. The van der Waals surface area contributed by atoms with Crippen molar-refractivity contribution < 1.29 is 5.21 Å². The summed E-state index contributed by atoms with van der Waals surface area (Å²) in [5.41, 5.74) is 7.66. The number of anilines is 2. The van der Waals surface area contributed by atoms with E-state index in [0.717, 1.165) is 16.2 Å². The Kier molecular flexibility index (Phi) is 4.04. The van der Waals surface area contributed by atoms with Gasteiger partial charge in [-0.25, -0.2) is 0 Å². The van der Waals surface area contributed by atoms with Crippen LogP contribution in [0, 0.1) is 13.8 Å². The highest BCUT2D eigenvalue weighted by Crippen LogP contribution is 2.55. The summed E-state index contributed by atoms with van der Waals surface area (Å²) in [6.07, 6.45) is 0. The summed E-state index contributed by atoms with van der Waals surface area (Å²) >= 11 is 0. The Morgan fingerprint density at radius 2 is 0.931 bits per heavy atom. The van der Waals surface area contributed by atoms with Gasteiger partial charge in [-0.2, -0.15) is 5.06 Å². The molecule has 141 valence electrons. The lowest BCUT2D eigenvalue weighted by molar-refractivity contribution is 0.192. The maximum Gasteiger partial charge on any atom is 0.0774 e. The Balaban J connectivity index is 1.96. The van der Waals surface area contributed by atoms with Crippen LogP contribution in [-0.4, -0.2) is 0 Å². The molecule has 0 saturated carbocycles. The zero-order chi connectivity index (χ0) is 20.0. The highest BCUT2D eigenvalue weighted by Gasteiger charge is 2.46. The van der Waals surface area contributed by atoms with Crippen molar-refractivity contribution in [2.24, 2.45) is 0 Å². The van der Waals surface area contributed by atoms with Gasteiger partial charge in [0.15, 0.2) is 0 Å². The number of benzene rings is 4. The van der Waals surface area contributed by atoms with E-state index in [0.29, 0.717) is 11.4 Å². The molecule has 1 radical (unpaired) electrons. The van der Waals surface area contributed by atoms with Crippen LogP contribution in [0.1, 0.15) is 33.4 Å². The summed E-state index contributed by atoms with van der Waals surface area (Å²) in [4.78, 5) is 0. The second-order valence-corrected chi connectivity index (χ2v) is 7.81. The van der Waals surface area contributed by atoms with Gasteiger partial charge in [-0.05, 0) is 48.2 Å². The minimum absolute atomic E-state index is 0.546. The van der Waals surface area contributed by atoms with Gasteiger partial charge in [0, 0.05) is 0 Å². The van der Waals surface area contributed by atoms with Gasteiger partial charge < -0.3 is 0 Å². The minimum Gasteiger partial charge on any atom is -0.188 e. The molecule has 0 spiro atoms. The molecule has 4 aromatic carbocycles. The topological polar surface area (TPSA) is 23.1 Å². The zero-order valence-corrected chi connectivity index (χ0v) is 16.6. The van der Waals surface area contributed by atoms with Crippen LogP contribution in [0.4, 0.5) is 11.4 Å². The molecule has 0 aromatic heterocycles. The van der Waals surface area contributed by atoms with E-state index in [1.807, 2.05) is 36.4 Å². The Morgan fingerprint density at radius 3 is 1.34 bits per heavy atom. The number of rotatable bonds is 2. The molecule has 4 aromatic rings. The molecule has 0 fully saturated rings. The molecule has 29 heavy (non-hydrogen) atoms. The van der Waals surface area contributed by atoms with Crippen molar-refractivity contribution in [3.8, 4) is 0 Å². The lowest BCUT2D eigenvalue weighted by Crippen LogP contribution is -2.37. The van der Waals surface area contributed by atoms with Crippen molar-refractivity contribution in [3.63, 3.8) is 0 Å².